The Morgan fingerprint density at radius 1 is 1.00 bits per heavy atom. The highest BCUT2D eigenvalue weighted by Crippen LogP contribution is 2.36. The minimum absolute atomic E-state index is 0.176. The summed E-state index contributed by atoms with van der Waals surface area (Å²) in [5, 5.41) is 1.37. The zero-order chi connectivity index (χ0) is 11.7. The number of H-pyrrole nitrogens is 1. The smallest absolute Gasteiger partial charge is 0.247 e. The molecular formula is C11H6Cl3NO. The summed E-state index contributed by atoms with van der Waals surface area (Å²) in [6.45, 7) is 0. The Morgan fingerprint density at radius 2 is 1.62 bits per heavy atom. The standard InChI is InChI=1S/C11H6Cl3NO/c12-7-3-8(13)11(9(14)4-7)6-1-2-10(16)15-5-6/h1-5H,(H,15,16). The first-order valence-corrected chi connectivity index (χ1v) is 5.55. The summed E-state index contributed by atoms with van der Waals surface area (Å²) in [5.74, 6) is 0. The Labute approximate surface area is 107 Å². The summed E-state index contributed by atoms with van der Waals surface area (Å²) in [7, 11) is 0. The van der Waals surface area contributed by atoms with Gasteiger partial charge in [0.2, 0.25) is 5.56 Å². The average Bonchev–Trinajstić information content (AvgIpc) is 2.19. The van der Waals surface area contributed by atoms with Gasteiger partial charge in [-0.2, -0.15) is 0 Å². The molecule has 2 rings (SSSR count). The summed E-state index contributed by atoms with van der Waals surface area (Å²) < 4.78 is 0. The van der Waals surface area contributed by atoms with Crippen molar-refractivity contribution in [1.82, 2.24) is 4.98 Å². The number of aromatic amines is 1. The maximum Gasteiger partial charge on any atom is 0.247 e. The molecule has 0 unspecified atom stereocenters. The average molecular weight is 275 g/mol. The molecule has 0 aliphatic carbocycles. The third-order valence-electron chi connectivity index (χ3n) is 2.08. The molecule has 2 aromatic rings. The summed E-state index contributed by atoms with van der Waals surface area (Å²) in [4.78, 5) is 13.5. The molecule has 0 saturated carbocycles. The van der Waals surface area contributed by atoms with Gasteiger partial charge >= 0.3 is 0 Å². The number of benzene rings is 1. The fraction of sp³-hybridized carbons (Fsp3) is 0. The maximum absolute atomic E-state index is 10.9. The topological polar surface area (TPSA) is 32.9 Å². The highest BCUT2D eigenvalue weighted by atomic mass is 35.5. The molecule has 16 heavy (non-hydrogen) atoms. The van der Waals surface area contributed by atoms with Crippen LogP contribution >= 0.6 is 34.8 Å². The van der Waals surface area contributed by atoms with E-state index in [2.05, 4.69) is 4.98 Å². The number of hydrogen-bond donors (Lipinski definition) is 1. The van der Waals surface area contributed by atoms with E-state index < -0.39 is 0 Å². The van der Waals surface area contributed by atoms with E-state index in [1.165, 1.54) is 6.07 Å². The van der Waals surface area contributed by atoms with Crippen LogP contribution in [0.3, 0.4) is 0 Å². The monoisotopic (exact) mass is 273 g/mol. The van der Waals surface area contributed by atoms with Crippen LogP contribution in [0.5, 0.6) is 0 Å². The van der Waals surface area contributed by atoms with Gasteiger partial charge in [0, 0.05) is 28.4 Å². The highest BCUT2D eigenvalue weighted by Gasteiger charge is 2.09. The zero-order valence-electron chi connectivity index (χ0n) is 7.93. The third kappa shape index (κ3) is 2.24. The molecule has 0 aliphatic rings. The molecule has 1 N–H and O–H groups in total. The van der Waals surface area contributed by atoms with Crippen molar-refractivity contribution in [2.24, 2.45) is 0 Å². The number of hydrogen-bond acceptors (Lipinski definition) is 1. The molecular weight excluding hydrogens is 268 g/mol. The van der Waals surface area contributed by atoms with Gasteiger partial charge in [0.25, 0.3) is 0 Å². The largest absolute Gasteiger partial charge is 0.328 e. The van der Waals surface area contributed by atoms with Crippen LogP contribution in [-0.4, -0.2) is 4.98 Å². The molecule has 1 heterocycles. The molecule has 0 saturated heterocycles. The number of aromatic nitrogens is 1. The summed E-state index contributed by atoms with van der Waals surface area (Å²) in [6, 6.07) is 6.28. The van der Waals surface area contributed by atoms with Gasteiger partial charge in [-0.3, -0.25) is 4.79 Å². The van der Waals surface area contributed by atoms with Crippen LogP contribution in [-0.2, 0) is 0 Å². The van der Waals surface area contributed by atoms with Gasteiger partial charge in [-0.1, -0.05) is 34.8 Å². The lowest BCUT2D eigenvalue weighted by Crippen LogP contribution is -2.01. The van der Waals surface area contributed by atoms with E-state index in [0.29, 0.717) is 20.6 Å². The molecule has 1 aromatic carbocycles. The highest BCUT2D eigenvalue weighted by molar-refractivity contribution is 6.41. The minimum atomic E-state index is -0.176. The van der Waals surface area contributed by atoms with Crippen LogP contribution in [0.1, 0.15) is 0 Å². The van der Waals surface area contributed by atoms with E-state index in [4.69, 9.17) is 34.8 Å². The van der Waals surface area contributed by atoms with Gasteiger partial charge in [0.15, 0.2) is 0 Å². The van der Waals surface area contributed by atoms with E-state index >= 15 is 0 Å². The molecule has 82 valence electrons. The van der Waals surface area contributed by atoms with Crippen molar-refractivity contribution < 1.29 is 0 Å². The Hall–Kier alpha value is -0.960. The van der Waals surface area contributed by atoms with Crippen LogP contribution in [0.15, 0.2) is 35.3 Å². The van der Waals surface area contributed by atoms with Crippen LogP contribution < -0.4 is 5.56 Å². The lowest BCUT2D eigenvalue weighted by molar-refractivity contribution is 1.24. The second-order valence-corrected chi connectivity index (χ2v) is 4.44. The normalized spacial score (nSPS) is 10.4. The first kappa shape index (κ1) is 11.5. The Kier molecular flexibility index (Phi) is 3.24. The van der Waals surface area contributed by atoms with Gasteiger partial charge in [-0.25, -0.2) is 0 Å². The van der Waals surface area contributed by atoms with E-state index in [1.54, 1.807) is 24.4 Å². The first-order chi connectivity index (χ1) is 7.58. The molecule has 2 nitrogen and oxygen atoms in total. The van der Waals surface area contributed by atoms with Crippen molar-refractivity contribution in [3.8, 4) is 11.1 Å². The van der Waals surface area contributed by atoms with E-state index in [9.17, 15) is 4.79 Å². The number of nitrogens with one attached hydrogen (secondary N) is 1. The molecule has 0 spiro atoms. The molecule has 0 fully saturated rings. The van der Waals surface area contributed by atoms with Crippen molar-refractivity contribution in [3.05, 3.63) is 55.9 Å². The lowest BCUT2D eigenvalue weighted by atomic mass is 10.1. The second-order valence-electron chi connectivity index (χ2n) is 3.19. The quantitative estimate of drug-likeness (QED) is 0.837. The molecule has 1 aromatic heterocycles. The Morgan fingerprint density at radius 3 is 2.12 bits per heavy atom. The third-order valence-corrected chi connectivity index (χ3v) is 2.89. The fourth-order valence-corrected chi connectivity index (χ4v) is 2.42. The van der Waals surface area contributed by atoms with Crippen LogP contribution in [0.25, 0.3) is 11.1 Å². The molecule has 0 aliphatic heterocycles. The van der Waals surface area contributed by atoms with Crippen molar-refractivity contribution in [3.63, 3.8) is 0 Å². The van der Waals surface area contributed by atoms with Crippen LogP contribution in [0.4, 0.5) is 0 Å². The van der Waals surface area contributed by atoms with Gasteiger partial charge in [0.1, 0.15) is 0 Å². The molecule has 5 heteroatoms. The second kappa shape index (κ2) is 4.50. The van der Waals surface area contributed by atoms with Crippen molar-refractivity contribution in [2.75, 3.05) is 0 Å². The molecule has 0 bridgehead atoms. The van der Waals surface area contributed by atoms with Gasteiger partial charge < -0.3 is 4.98 Å². The molecule has 0 amide bonds. The van der Waals surface area contributed by atoms with Gasteiger partial charge in [-0.15, -0.1) is 0 Å². The molecule has 0 atom stereocenters. The van der Waals surface area contributed by atoms with Crippen molar-refractivity contribution in [1.29, 1.82) is 0 Å². The van der Waals surface area contributed by atoms with Crippen LogP contribution in [0, 0.1) is 0 Å². The number of halogens is 3. The fourth-order valence-electron chi connectivity index (χ4n) is 1.38. The summed E-state index contributed by atoms with van der Waals surface area (Å²) in [6.07, 6.45) is 1.56. The Bertz CT molecular complexity index is 549. The first-order valence-electron chi connectivity index (χ1n) is 4.41. The SMILES string of the molecule is O=c1ccc(-c2c(Cl)cc(Cl)cc2Cl)c[nH]1. The summed E-state index contributed by atoms with van der Waals surface area (Å²) >= 11 is 17.9. The number of pyridine rings is 1. The van der Waals surface area contributed by atoms with Crippen LogP contribution in [0.2, 0.25) is 15.1 Å². The van der Waals surface area contributed by atoms with Crippen molar-refractivity contribution >= 4 is 34.8 Å². The minimum Gasteiger partial charge on any atom is -0.328 e. The van der Waals surface area contributed by atoms with E-state index in [0.717, 1.165) is 5.56 Å². The van der Waals surface area contributed by atoms with Gasteiger partial charge in [0.05, 0.1) is 10.0 Å². The van der Waals surface area contributed by atoms with E-state index in [1.807, 2.05) is 0 Å². The predicted octanol–water partition coefficient (Wildman–Crippen LogP) is 4.00. The van der Waals surface area contributed by atoms with Gasteiger partial charge in [-0.05, 0) is 18.2 Å². The number of rotatable bonds is 1. The maximum atomic E-state index is 10.9. The van der Waals surface area contributed by atoms with E-state index in [-0.39, 0.29) is 5.56 Å². The zero-order valence-corrected chi connectivity index (χ0v) is 10.2. The lowest BCUT2D eigenvalue weighted by Gasteiger charge is -2.07. The molecule has 0 radical (unpaired) electrons. The Balaban J connectivity index is 2.64. The van der Waals surface area contributed by atoms with Crippen molar-refractivity contribution in [2.45, 2.75) is 0 Å². The summed E-state index contributed by atoms with van der Waals surface area (Å²) in [5.41, 5.74) is 1.22. The predicted molar refractivity (Wildman–Crippen MR) is 67.5 cm³/mol.